The van der Waals surface area contributed by atoms with Gasteiger partial charge in [0.15, 0.2) is 0 Å². The number of carbonyl (C=O) groups excluding carboxylic acids is 3. The predicted octanol–water partition coefficient (Wildman–Crippen LogP) is 9.87. The van der Waals surface area contributed by atoms with Crippen molar-refractivity contribution in [2.24, 2.45) is 5.41 Å². The maximum Gasteiger partial charge on any atom is 0.410 e. The Bertz CT molecular complexity index is 1860. The molecule has 1 aliphatic carbocycles. The van der Waals surface area contributed by atoms with Crippen molar-refractivity contribution in [1.82, 2.24) is 19.8 Å². The van der Waals surface area contributed by atoms with Crippen molar-refractivity contribution in [1.29, 1.82) is 0 Å². The third-order valence-corrected chi connectivity index (χ3v) is 10.4. The third-order valence-electron chi connectivity index (χ3n) is 9.34. The van der Waals surface area contributed by atoms with Gasteiger partial charge in [-0.25, -0.2) is 23.4 Å². The van der Waals surface area contributed by atoms with Gasteiger partial charge in [-0.2, -0.15) is 0 Å². The summed E-state index contributed by atoms with van der Waals surface area (Å²) >= 11 is 0.745. The molecule has 0 bridgehead atoms. The van der Waals surface area contributed by atoms with Crippen LogP contribution in [0.5, 0.6) is 0 Å². The first-order valence-electron chi connectivity index (χ1n) is 17.7. The molecular formula is C39H49F2N5O5S. The van der Waals surface area contributed by atoms with Crippen LogP contribution in [0.25, 0.3) is 11.0 Å². The lowest BCUT2D eigenvalue weighted by Gasteiger charge is -2.37. The lowest BCUT2D eigenvalue weighted by atomic mass is 9.87. The molecule has 1 atom stereocenters. The van der Waals surface area contributed by atoms with E-state index in [0.717, 1.165) is 28.0 Å². The van der Waals surface area contributed by atoms with Gasteiger partial charge in [-0.05, 0) is 94.2 Å². The van der Waals surface area contributed by atoms with Gasteiger partial charge in [0.25, 0.3) is 12.3 Å². The van der Waals surface area contributed by atoms with Crippen molar-refractivity contribution in [3.63, 3.8) is 0 Å². The highest BCUT2D eigenvalue weighted by Gasteiger charge is 2.32. The second-order valence-electron chi connectivity index (χ2n) is 15.4. The average molecular weight is 738 g/mol. The van der Waals surface area contributed by atoms with Crippen molar-refractivity contribution in [2.45, 2.75) is 117 Å². The summed E-state index contributed by atoms with van der Waals surface area (Å²) in [7, 11) is 0. The van der Waals surface area contributed by atoms with Crippen LogP contribution in [0, 0.1) is 5.41 Å². The Hall–Kier alpha value is -4.52. The van der Waals surface area contributed by atoms with Crippen LogP contribution in [-0.2, 0) is 22.6 Å². The van der Waals surface area contributed by atoms with Crippen LogP contribution in [0.1, 0.15) is 112 Å². The molecule has 4 aromatic rings. The number of amides is 3. The fraction of sp³-hybridized carbons (Fsp3) is 0.487. The molecule has 0 unspecified atom stereocenters. The number of imidazole rings is 1. The SMILES string of the molecule is C[C@H](N(Cc1ccc2c(c1)nc(NC(=O)c1ccc(C(F)F)s1)n2C1CCC(NC(=O)OC(C)(C)C)CC1)C(=O)OCc1ccccc1)C(C)(C)C. The molecule has 3 amide bonds. The summed E-state index contributed by atoms with van der Waals surface area (Å²) in [5.74, 6) is -0.227. The molecule has 5 rings (SSSR count). The summed E-state index contributed by atoms with van der Waals surface area (Å²) < 4.78 is 39.8. The largest absolute Gasteiger partial charge is 0.445 e. The molecular weight excluding hydrogens is 689 g/mol. The molecule has 2 N–H and O–H groups in total. The first-order valence-corrected chi connectivity index (χ1v) is 18.5. The molecule has 10 nitrogen and oxygen atoms in total. The number of ether oxygens (including phenoxy) is 2. The van der Waals surface area contributed by atoms with E-state index in [1.165, 1.54) is 12.1 Å². The van der Waals surface area contributed by atoms with E-state index in [1.807, 2.05) is 80.8 Å². The number of alkyl carbamates (subject to hydrolysis) is 1. The number of thiophene rings is 1. The monoisotopic (exact) mass is 737 g/mol. The highest BCUT2D eigenvalue weighted by molar-refractivity contribution is 7.14. The second-order valence-corrected chi connectivity index (χ2v) is 16.6. The highest BCUT2D eigenvalue weighted by atomic mass is 32.1. The van der Waals surface area contributed by atoms with Crippen molar-refractivity contribution in [3.8, 4) is 0 Å². The van der Waals surface area contributed by atoms with Crippen molar-refractivity contribution in [2.75, 3.05) is 5.32 Å². The summed E-state index contributed by atoms with van der Waals surface area (Å²) in [5.41, 5.74) is 2.27. The van der Waals surface area contributed by atoms with E-state index in [9.17, 15) is 23.2 Å². The number of nitrogens with one attached hydrogen (secondary N) is 2. The Labute approximate surface area is 307 Å². The lowest BCUT2D eigenvalue weighted by molar-refractivity contribution is 0.0487. The van der Waals surface area contributed by atoms with Crippen molar-refractivity contribution in [3.05, 3.63) is 81.5 Å². The lowest BCUT2D eigenvalue weighted by Crippen LogP contribution is -2.45. The average Bonchev–Trinajstić information content (AvgIpc) is 3.71. The molecule has 13 heteroatoms. The summed E-state index contributed by atoms with van der Waals surface area (Å²) in [5, 5.41) is 5.86. The van der Waals surface area contributed by atoms with Crippen molar-refractivity contribution >= 4 is 46.4 Å². The Morgan fingerprint density at radius 1 is 0.962 bits per heavy atom. The molecule has 2 aromatic carbocycles. The molecule has 2 heterocycles. The van der Waals surface area contributed by atoms with E-state index in [4.69, 9.17) is 14.5 Å². The number of benzene rings is 2. The van der Waals surface area contributed by atoms with Crippen LogP contribution < -0.4 is 10.6 Å². The minimum atomic E-state index is -2.67. The number of hydrogen-bond acceptors (Lipinski definition) is 7. The van der Waals surface area contributed by atoms with Gasteiger partial charge in [0.1, 0.15) is 12.2 Å². The maximum atomic E-state index is 13.6. The molecule has 0 spiro atoms. The molecule has 1 aliphatic rings. The fourth-order valence-electron chi connectivity index (χ4n) is 6.23. The Morgan fingerprint density at radius 3 is 2.27 bits per heavy atom. The Morgan fingerprint density at radius 2 is 1.65 bits per heavy atom. The van der Waals surface area contributed by atoms with Gasteiger partial charge in [0.05, 0.1) is 20.8 Å². The van der Waals surface area contributed by atoms with Crippen LogP contribution >= 0.6 is 11.3 Å². The zero-order chi connectivity index (χ0) is 37.8. The van der Waals surface area contributed by atoms with Crippen LogP contribution in [0.4, 0.5) is 24.3 Å². The number of aromatic nitrogens is 2. The number of carbonyl (C=O) groups is 3. The topological polar surface area (TPSA) is 115 Å². The molecule has 2 aromatic heterocycles. The van der Waals surface area contributed by atoms with E-state index in [-0.39, 0.29) is 46.4 Å². The quantitative estimate of drug-likeness (QED) is 0.168. The molecule has 0 saturated heterocycles. The zero-order valence-electron chi connectivity index (χ0n) is 30.9. The molecule has 0 radical (unpaired) electrons. The van der Waals surface area contributed by atoms with Gasteiger partial charge in [0.2, 0.25) is 5.95 Å². The molecule has 1 fully saturated rings. The van der Waals surface area contributed by atoms with Crippen molar-refractivity contribution < 1.29 is 32.6 Å². The minimum absolute atomic E-state index is 0.0619. The van der Waals surface area contributed by atoms with Gasteiger partial charge >= 0.3 is 12.2 Å². The summed E-state index contributed by atoms with van der Waals surface area (Å²) in [4.78, 5) is 45.9. The number of halogens is 2. The number of alkyl halides is 2. The van der Waals surface area contributed by atoms with E-state index in [2.05, 4.69) is 31.4 Å². The number of fused-ring (bicyclic) bond motifs is 1. The first-order chi connectivity index (χ1) is 24.5. The molecule has 0 aliphatic heterocycles. The van der Waals surface area contributed by atoms with Gasteiger partial charge in [-0.15, -0.1) is 11.3 Å². The standard InChI is InChI=1S/C39H49F2N5O5S/c1-24(38(2,3)4)45(37(49)50-23-25-11-9-8-10-12-25)22-26-13-18-30-29(21-26)43-35(44-34(47)32-20-19-31(52-32)33(40)41)46(30)28-16-14-27(15-17-28)42-36(48)51-39(5,6)7/h8-13,18-21,24,27-28,33H,14-17,22-23H2,1-7H3,(H,42,48)(H,43,44,47)/t24-,27?,28?/m0/s1. The van der Waals surface area contributed by atoms with E-state index < -0.39 is 30.1 Å². The normalized spacial score (nSPS) is 17.1. The maximum absolute atomic E-state index is 13.6. The number of rotatable bonds is 10. The van der Waals surface area contributed by atoms with Gasteiger partial charge in [0, 0.05) is 24.7 Å². The van der Waals surface area contributed by atoms with Gasteiger partial charge < -0.3 is 24.3 Å². The molecule has 280 valence electrons. The minimum Gasteiger partial charge on any atom is -0.445 e. The summed E-state index contributed by atoms with van der Waals surface area (Å²) in [6.45, 7) is 14.1. The highest BCUT2D eigenvalue weighted by Crippen LogP contribution is 2.36. The molecule has 1 saturated carbocycles. The first kappa shape index (κ1) is 38.7. The summed E-state index contributed by atoms with van der Waals surface area (Å²) in [6.07, 6.45) is -0.812. The fourth-order valence-corrected chi connectivity index (χ4v) is 6.99. The van der Waals surface area contributed by atoms with Gasteiger partial charge in [-0.3, -0.25) is 10.1 Å². The van der Waals surface area contributed by atoms with Crippen LogP contribution in [0.3, 0.4) is 0 Å². The van der Waals surface area contributed by atoms with E-state index >= 15 is 0 Å². The summed E-state index contributed by atoms with van der Waals surface area (Å²) in [6, 6.07) is 17.7. The Balaban J connectivity index is 1.41. The molecule has 52 heavy (non-hydrogen) atoms. The van der Waals surface area contributed by atoms with E-state index in [0.29, 0.717) is 37.1 Å². The predicted molar refractivity (Wildman–Crippen MR) is 199 cm³/mol. The third kappa shape index (κ3) is 9.87. The van der Waals surface area contributed by atoms with Crippen LogP contribution in [-0.4, -0.2) is 50.2 Å². The second kappa shape index (κ2) is 16.0. The number of anilines is 1. The smallest absolute Gasteiger partial charge is 0.410 e. The van der Waals surface area contributed by atoms with E-state index in [1.54, 1.807) is 4.90 Å². The van der Waals surface area contributed by atoms with Crippen LogP contribution in [0.2, 0.25) is 0 Å². The Kier molecular flexibility index (Phi) is 11.9. The van der Waals surface area contributed by atoms with Gasteiger partial charge in [-0.1, -0.05) is 57.2 Å². The van der Waals surface area contributed by atoms with Crippen LogP contribution in [0.15, 0.2) is 60.7 Å². The number of nitrogens with zero attached hydrogens (tertiary/aromatic N) is 3. The zero-order valence-corrected chi connectivity index (χ0v) is 31.7. The number of hydrogen-bond donors (Lipinski definition) is 2.